The summed E-state index contributed by atoms with van der Waals surface area (Å²) < 4.78 is 0. The zero-order chi connectivity index (χ0) is 23.3. The Hall–Kier alpha value is -2.80. The van der Waals surface area contributed by atoms with Crippen molar-refractivity contribution < 1.29 is 19.5 Å². The summed E-state index contributed by atoms with van der Waals surface area (Å²) in [5, 5.41) is 8.83. The third-order valence-corrected chi connectivity index (χ3v) is 6.74. The SMILES string of the molecule is CCSC(Cc1ccc(C(=O)CCCN2CN(C)c3cc(C)ccc3C2=O)cc1)C(=O)O. The molecule has 0 aliphatic carbocycles. The van der Waals surface area contributed by atoms with Gasteiger partial charge < -0.3 is 14.9 Å². The van der Waals surface area contributed by atoms with Gasteiger partial charge in [0.05, 0.1) is 17.9 Å². The molecule has 0 fully saturated rings. The van der Waals surface area contributed by atoms with E-state index in [4.69, 9.17) is 0 Å². The summed E-state index contributed by atoms with van der Waals surface area (Å²) in [6.45, 7) is 4.99. The summed E-state index contributed by atoms with van der Waals surface area (Å²) in [6, 6.07) is 13.1. The van der Waals surface area contributed by atoms with Gasteiger partial charge in [-0.3, -0.25) is 14.4 Å². The normalized spacial score (nSPS) is 14.3. The lowest BCUT2D eigenvalue weighted by Gasteiger charge is -2.36. The summed E-state index contributed by atoms with van der Waals surface area (Å²) >= 11 is 1.41. The maximum absolute atomic E-state index is 12.8. The number of hydrogen-bond donors (Lipinski definition) is 1. The van der Waals surface area contributed by atoms with Crippen LogP contribution in [0.25, 0.3) is 0 Å². The van der Waals surface area contributed by atoms with Crippen LogP contribution in [0.1, 0.15) is 51.6 Å². The molecule has 0 saturated carbocycles. The van der Waals surface area contributed by atoms with Crippen LogP contribution in [0.4, 0.5) is 5.69 Å². The van der Waals surface area contributed by atoms with Crippen LogP contribution in [0.2, 0.25) is 0 Å². The van der Waals surface area contributed by atoms with E-state index in [9.17, 15) is 19.5 Å². The molecule has 1 amide bonds. The number of ketones is 1. The summed E-state index contributed by atoms with van der Waals surface area (Å²) in [5.74, 6) is -0.0303. The quantitative estimate of drug-likeness (QED) is 0.541. The lowest BCUT2D eigenvalue weighted by molar-refractivity contribution is -0.136. The molecular formula is C25H30N2O4S. The van der Waals surface area contributed by atoms with Crippen molar-refractivity contribution in [1.82, 2.24) is 4.90 Å². The van der Waals surface area contributed by atoms with E-state index < -0.39 is 11.2 Å². The molecular weight excluding hydrogens is 424 g/mol. The lowest BCUT2D eigenvalue weighted by Crippen LogP contribution is -2.45. The van der Waals surface area contributed by atoms with E-state index in [1.54, 1.807) is 17.0 Å². The molecule has 6 nitrogen and oxygen atoms in total. The monoisotopic (exact) mass is 454 g/mol. The van der Waals surface area contributed by atoms with E-state index in [0.29, 0.717) is 43.6 Å². The molecule has 0 radical (unpaired) electrons. The second kappa shape index (κ2) is 10.7. The standard InChI is InChI=1S/C25H30N2O4S/c1-4-32-23(25(30)31)15-18-8-10-19(11-9-18)22(28)6-5-13-27-16-26(3)21-14-17(2)7-12-20(21)24(27)29/h7-12,14,23H,4-6,13,15-16H2,1-3H3,(H,30,31). The molecule has 1 unspecified atom stereocenters. The third kappa shape index (κ3) is 5.71. The highest BCUT2D eigenvalue weighted by Gasteiger charge is 2.27. The molecule has 0 bridgehead atoms. The van der Waals surface area contributed by atoms with Crippen molar-refractivity contribution in [2.45, 2.75) is 38.4 Å². The lowest BCUT2D eigenvalue weighted by atomic mass is 10.0. The van der Waals surface area contributed by atoms with Crippen molar-refractivity contribution in [3.05, 3.63) is 64.7 Å². The second-order valence-corrected chi connectivity index (χ2v) is 9.62. The van der Waals surface area contributed by atoms with Gasteiger partial charge in [0, 0.05) is 25.6 Å². The Morgan fingerprint density at radius 1 is 1.16 bits per heavy atom. The number of carbonyl (C=O) groups is 3. The summed E-state index contributed by atoms with van der Waals surface area (Å²) in [4.78, 5) is 40.6. The van der Waals surface area contributed by atoms with Gasteiger partial charge in [0.1, 0.15) is 5.25 Å². The maximum Gasteiger partial charge on any atom is 0.316 e. The van der Waals surface area contributed by atoms with Gasteiger partial charge in [-0.05, 0) is 48.8 Å². The smallest absolute Gasteiger partial charge is 0.316 e. The largest absolute Gasteiger partial charge is 0.480 e. The Kier molecular flexibility index (Phi) is 7.96. The van der Waals surface area contributed by atoms with Crippen LogP contribution in [0.3, 0.4) is 0 Å². The summed E-state index contributed by atoms with van der Waals surface area (Å²) in [6.07, 6.45) is 1.39. The van der Waals surface area contributed by atoms with Crippen molar-refractivity contribution in [2.75, 3.05) is 30.9 Å². The number of anilines is 1. The van der Waals surface area contributed by atoms with Crippen molar-refractivity contribution in [3.63, 3.8) is 0 Å². The van der Waals surface area contributed by atoms with E-state index in [1.807, 2.05) is 51.2 Å². The number of carboxylic acids is 1. The Bertz CT molecular complexity index is 990. The number of rotatable bonds is 10. The van der Waals surface area contributed by atoms with Crippen molar-refractivity contribution >= 4 is 35.1 Å². The van der Waals surface area contributed by atoms with E-state index >= 15 is 0 Å². The topological polar surface area (TPSA) is 77.9 Å². The zero-order valence-electron chi connectivity index (χ0n) is 18.8. The Balaban J connectivity index is 1.53. The number of amides is 1. The molecule has 2 aromatic carbocycles. The highest BCUT2D eigenvalue weighted by Crippen LogP contribution is 2.27. The highest BCUT2D eigenvalue weighted by molar-refractivity contribution is 8.00. The van der Waals surface area contributed by atoms with E-state index in [2.05, 4.69) is 4.90 Å². The number of carbonyl (C=O) groups excluding carboxylic acids is 2. The molecule has 0 aromatic heterocycles. The van der Waals surface area contributed by atoms with Crippen LogP contribution in [0.5, 0.6) is 0 Å². The van der Waals surface area contributed by atoms with Crippen LogP contribution >= 0.6 is 11.8 Å². The summed E-state index contributed by atoms with van der Waals surface area (Å²) in [5.41, 5.74) is 4.30. The second-order valence-electron chi connectivity index (χ2n) is 8.14. The molecule has 0 saturated heterocycles. The molecule has 2 aromatic rings. The average Bonchev–Trinajstić information content (AvgIpc) is 2.77. The van der Waals surface area contributed by atoms with Gasteiger partial charge in [-0.1, -0.05) is 37.3 Å². The van der Waals surface area contributed by atoms with E-state index in [1.165, 1.54) is 11.8 Å². The molecule has 1 N–H and O–H groups in total. The van der Waals surface area contributed by atoms with Crippen LogP contribution in [-0.2, 0) is 11.2 Å². The minimum Gasteiger partial charge on any atom is -0.480 e. The van der Waals surface area contributed by atoms with Crippen LogP contribution in [-0.4, -0.2) is 58.9 Å². The molecule has 1 heterocycles. The number of carboxylic acid groups (broad SMARTS) is 1. The Morgan fingerprint density at radius 2 is 1.88 bits per heavy atom. The van der Waals surface area contributed by atoms with Crippen LogP contribution in [0, 0.1) is 6.92 Å². The minimum absolute atomic E-state index is 0.00726. The van der Waals surface area contributed by atoms with Gasteiger partial charge in [0.2, 0.25) is 0 Å². The fourth-order valence-corrected chi connectivity index (χ4v) is 4.77. The van der Waals surface area contributed by atoms with Crippen LogP contribution < -0.4 is 4.90 Å². The number of fused-ring (bicyclic) bond motifs is 1. The molecule has 1 atom stereocenters. The molecule has 170 valence electrons. The summed E-state index contributed by atoms with van der Waals surface area (Å²) in [7, 11) is 1.97. The fraction of sp³-hybridized carbons (Fsp3) is 0.400. The first-order chi connectivity index (χ1) is 15.3. The van der Waals surface area contributed by atoms with Crippen LogP contribution in [0.15, 0.2) is 42.5 Å². The molecule has 1 aliphatic heterocycles. The van der Waals surface area contributed by atoms with Gasteiger partial charge in [0.15, 0.2) is 5.78 Å². The number of aryl methyl sites for hydroxylation is 1. The number of benzene rings is 2. The molecule has 3 rings (SSSR count). The van der Waals surface area contributed by atoms with E-state index in [0.717, 1.165) is 22.6 Å². The van der Waals surface area contributed by atoms with Gasteiger partial charge in [-0.2, -0.15) is 0 Å². The third-order valence-electron chi connectivity index (χ3n) is 5.64. The molecule has 1 aliphatic rings. The van der Waals surface area contributed by atoms with E-state index in [-0.39, 0.29) is 11.7 Å². The van der Waals surface area contributed by atoms with Gasteiger partial charge in [0.25, 0.3) is 5.91 Å². The van der Waals surface area contributed by atoms with Crippen molar-refractivity contribution in [1.29, 1.82) is 0 Å². The van der Waals surface area contributed by atoms with Crippen molar-refractivity contribution in [2.24, 2.45) is 0 Å². The number of aliphatic carboxylic acids is 1. The molecule has 0 spiro atoms. The number of Topliss-reactive ketones (excluding diaryl/α,β-unsaturated/α-hetero) is 1. The first kappa shape index (κ1) is 23.9. The number of hydrogen-bond acceptors (Lipinski definition) is 5. The highest BCUT2D eigenvalue weighted by atomic mass is 32.2. The molecule has 32 heavy (non-hydrogen) atoms. The van der Waals surface area contributed by atoms with Gasteiger partial charge >= 0.3 is 5.97 Å². The Morgan fingerprint density at radius 3 is 2.53 bits per heavy atom. The predicted octanol–water partition coefficient (Wildman–Crippen LogP) is 4.26. The predicted molar refractivity (Wildman–Crippen MR) is 129 cm³/mol. The Labute approximate surface area is 193 Å². The maximum atomic E-state index is 12.8. The minimum atomic E-state index is -0.812. The average molecular weight is 455 g/mol. The zero-order valence-corrected chi connectivity index (χ0v) is 19.7. The van der Waals surface area contributed by atoms with Gasteiger partial charge in [-0.25, -0.2) is 0 Å². The molecule has 7 heteroatoms. The first-order valence-electron chi connectivity index (χ1n) is 10.9. The first-order valence-corrected chi connectivity index (χ1v) is 11.9. The van der Waals surface area contributed by atoms with Crippen molar-refractivity contribution in [3.8, 4) is 0 Å². The number of thioether (sulfide) groups is 1. The fourth-order valence-electron chi connectivity index (χ4n) is 3.91. The number of nitrogens with zero attached hydrogens (tertiary/aromatic N) is 2. The van der Waals surface area contributed by atoms with Gasteiger partial charge in [-0.15, -0.1) is 11.8 Å².